The molecule has 0 bridgehead atoms. The predicted molar refractivity (Wildman–Crippen MR) is 84.3 cm³/mol. The van der Waals surface area contributed by atoms with Crippen LogP contribution in [0.15, 0.2) is 29.2 Å². The van der Waals surface area contributed by atoms with Crippen molar-refractivity contribution in [3.63, 3.8) is 0 Å². The van der Waals surface area contributed by atoms with Gasteiger partial charge in [0.15, 0.2) is 0 Å². The van der Waals surface area contributed by atoms with Crippen LogP contribution in [0.3, 0.4) is 0 Å². The van der Waals surface area contributed by atoms with E-state index in [0.29, 0.717) is 6.42 Å². The maximum absolute atomic E-state index is 11.2. The van der Waals surface area contributed by atoms with E-state index in [-0.39, 0.29) is 29.0 Å². The Morgan fingerprint density at radius 1 is 1.24 bits per heavy atom. The van der Waals surface area contributed by atoms with Gasteiger partial charge < -0.3 is 10.4 Å². The molecule has 21 heavy (non-hydrogen) atoms. The summed E-state index contributed by atoms with van der Waals surface area (Å²) in [5, 5.41) is 17.8. The van der Waals surface area contributed by atoms with E-state index in [0.717, 1.165) is 5.56 Å². The molecule has 0 fully saturated rings. The fourth-order valence-electron chi connectivity index (χ4n) is 2.24. The number of primary sulfonamides is 1. The van der Waals surface area contributed by atoms with Gasteiger partial charge in [-0.05, 0) is 36.5 Å². The first-order valence-electron chi connectivity index (χ1n) is 7.05. The summed E-state index contributed by atoms with van der Waals surface area (Å²) in [6.45, 7) is 8.51. The molecule has 0 amide bonds. The van der Waals surface area contributed by atoms with Gasteiger partial charge in [0.2, 0.25) is 10.0 Å². The van der Waals surface area contributed by atoms with Crippen LogP contribution in [-0.4, -0.2) is 26.2 Å². The lowest BCUT2D eigenvalue weighted by Crippen LogP contribution is -2.42. The van der Waals surface area contributed by atoms with Gasteiger partial charge in [-0.25, -0.2) is 13.6 Å². The quantitative estimate of drug-likeness (QED) is 0.746. The molecule has 2 unspecified atom stereocenters. The Morgan fingerprint density at radius 3 is 2.14 bits per heavy atom. The lowest BCUT2D eigenvalue weighted by atomic mass is 9.84. The molecule has 0 aliphatic rings. The number of benzene rings is 1. The zero-order valence-electron chi connectivity index (χ0n) is 13.1. The molecule has 0 spiro atoms. The molecule has 1 rings (SSSR count). The van der Waals surface area contributed by atoms with E-state index in [2.05, 4.69) is 26.1 Å². The van der Waals surface area contributed by atoms with Crippen LogP contribution in [0.5, 0.6) is 0 Å². The van der Waals surface area contributed by atoms with Crippen molar-refractivity contribution < 1.29 is 13.5 Å². The van der Waals surface area contributed by atoms with Gasteiger partial charge in [-0.3, -0.25) is 0 Å². The average molecular weight is 314 g/mol. The van der Waals surface area contributed by atoms with E-state index in [4.69, 9.17) is 5.14 Å². The zero-order valence-corrected chi connectivity index (χ0v) is 13.9. The molecule has 2 atom stereocenters. The summed E-state index contributed by atoms with van der Waals surface area (Å²) in [5.74, 6) is 0. The second-order valence-corrected chi connectivity index (χ2v) is 7.99. The second kappa shape index (κ2) is 6.87. The summed E-state index contributed by atoms with van der Waals surface area (Å²) < 4.78 is 22.5. The van der Waals surface area contributed by atoms with Gasteiger partial charge >= 0.3 is 0 Å². The smallest absolute Gasteiger partial charge is 0.238 e. The Labute approximate surface area is 127 Å². The van der Waals surface area contributed by atoms with Crippen molar-refractivity contribution in [1.82, 2.24) is 5.32 Å². The van der Waals surface area contributed by atoms with Gasteiger partial charge in [0.05, 0.1) is 4.90 Å². The standard InChI is InChI=1S/C15H26N2O3S/c1-11(17-14(9-10-18)15(2,3)4)12-5-7-13(8-6-12)21(16,19)20/h5-8,11,14,17-18H,9-10H2,1-4H3,(H2,16,19,20). The van der Waals surface area contributed by atoms with Crippen LogP contribution in [-0.2, 0) is 10.0 Å². The highest BCUT2D eigenvalue weighted by atomic mass is 32.2. The van der Waals surface area contributed by atoms with E-state index >= 15 is 0 Å². The molecule has 0 saturated heterocycles. The molecular formula is C15H26N2O3S. The number of rotatable bonds is 6. The highest BCUT2D eigenvalue weighted by molar-refractivity contribution is 7.89. The van der Waals surface area contributed by atoms with Crippen molar-refractivity contribution in [3.05, 3.63) is 29.8 Å². The first-order valence-corrected chi connectivity index (χ1v) is 8.60. The molecule has 4 N–H and O–H groups in total. The number of sulfonamides is 1. The molecule has 6 heteroatoms. The van der Waals surface area contributed by atoms with Crippen molar-refractivity contribution >= 4 is 10.0 Å². The molecule has 120 valence electrons. The van der Waals surface area contributed by atoms with Gasteiger partial charge in [-0.15, -0.1) is 0 Å². The Hall–Kier alpha value is -0.950. The molecule has 0 saturated carbocycles. The fourth-order valence-corrected chi connectivity index (χ4v) is 2.76. The minimum atomic E-state index is -3.65. The molecular weight excluding hydrogens is 288 g/mol. The maximum atomic E-state index is 11.2. The fraction of sp³-hybridized carbons (Fsp3) is 0.600. The molecule has 0 aliphatic heterocycles. The van der Waals surface area contributed by atoms with Gasteiger partial charge in [-0.1, -0.05) is 32.9 Å². The van der Waals surface area contributed by atoms with Crippen LogP contribution in [0, 0.1) is 5.41 Å². The van der Waals surface area contributed by atoms with Crippen LogP contribution in [0.1, 0.15) is 45.7 Å². The van der Waals surface area contributed by atoms with Crippen LogP contribution in [0.2, 0.25) is 0 Å². The summed E-state index contributed by atoms with van der Waals surface area (Å²) in [4.78, 5) is 0.112. The summed E-state index contributed by atoms with van der Waals surface area (Å²) in [5.41, 5.74) is 1.01. The van der Waals surface area contributed by atoms with Crippen LogP contribution < -0.4 is 10.5 Å². The van der Waals surface area contributed by atoms with Crippen molar-refractivity contribution in [2.24, 2.45) is 10.6 Å². The summed E-state index contributed by atoms with van der Waals surface area (Å²) in [6.07, 6.45) is 0.670. The van der Waals surface area contributed by atoms with Gasteiger partial charge in [-0.2, -0.15) is 0 Å². The first kappa shape index (κ1) is 18.1. The van der Waals surface area contributed by atoms with Gasteiger partial charge in [0.25, 0.3) is 0 Å². The van der Waals surface area contributed by atoms with Crippen molar-refractivity contribution in [2.45, 2.75) is 51.1 Å². The third-order valence-electron chi connectivity index (χ3n) is 3.62. The Kier molecular flexibility index (Phi) is 5.92. The topological polar surface area (TPSA) is 92.4 Å². The van der Waals surface area contributed by atoms with Crippen LogP contribution >= 0.6 is 0 Å². The number of hydrogen-bond donors (Lipinski definition) is 3. The highest BCUT2D eigenvalue weighted by Crippen LogP contribution is 2.25. The third kappa shape index (κ3) is 5.39. The Bertz CT molecular complexity index is 547. The largest absolute Gasteiger partial charge is 0.396 e. The summed E-state index contributed by atoms with van der Waals surface area (Å²) >= 11 is 0. The molecule has 0 radical (unpaired) electrons. The third-order valence-corrected chi connectivity index (χ3v) is 4.55. The zero-order chi connectivity index (χ0) is 16.3. The van der Waals surface area contributed by atoms with E-state index in [1.54, 1.807) is 12.1 Å². The minimum absolute atomic E-state index is 0.0253. The molecule has 0 heterocycles. The van der Waals surface area contributed by atoms with Crippen molar-refractivity contribution in [2.75, 3.05) is 6.61 Å². The Balaban J connectivity index is 2.86. The predicted octanol–water partition coefficient (Wildman–Crippen LogP) is 1.78. The molecule has 0 aliphatic carbocycles. The Morgan fingerprint density at radius 2 is 1.76 bits per heavy atom. The minimum Gasteiger partial charge on any atom is -0.396 e. The highest BCUT2D eigenvalue weighted by Gasteiger charge is 2.25. The van der Waals surface area contributed by atoms with Crippen molar-refractivity contribution in [3.8, 4) is 0 Å². The number of nitrogens with one attached hydrogen (secondary N) is 1. The second-order valence-electron chi connectivity index (χ2n) is 6.43. The first-order chi connectivity index (χ1) is 9.55. The van der Waals surface area contributed by atoms with E-state index in [9.17, 15) is 13.5 Å². The molecule has 0 aromatic heterocycles. The number of aliphatic hydroxyl groups is 1. The number of hydrogen-bond acceptors (Lipinski definition) is 4. The van der Waals surface area contributed by atoms with Gasteiger partial charge in [0.1, 0.15) is 0 Å². The van der Waals surface area contributed by atoms with Crippen LogP contribution in [0.25, 0.3) is 0 Å². The average Bonchev–Trinajstić information content (AvgIpc) is 2.36. The molecule has 1 aromatic carbocycles. The lowest BCUT2D eigenvalue weighted by Gasteiger charge is -2.34. The number of nitrogens with two attached hydrogens (primary N) is 1. The lowest BCUT2D eigenvalue weighted by molar-refractivity contribution is 0.188. The SMILES string of the molecule is CC(NC(CCO)C(C)(C)C)c1ccc(S(N)(=O)=O)cc1. The van der Waals surface area contributed by atoms with Crippen molar-refractivity contribution in [1.29, 1.82) is 0 Å². The monoisotopic (exact) mass is 314 g/mol. The van der Waals surface area contributed by atoms with E-state index in [1.165, 1.54) is 12.1 Å². The van der Waals surface area contributed by atoms with E-state index < -0.39 is 10.0 Å². The molecule has 1 aromatic rings. The summed E-state index contributed by atoms with van der Waals surface area (Å²) in [7, 11) is -3.65. The van der Waals surface area contributed by atoms with Gasteiger partial charge in [0, 0.05) is 18.7 Å². The molecule has 5 nitrogen and oxygen atoms in total. The summed E-state index contributed by atoms with van der Waals surface area (Å²) in [6, 6.07) is 6.76. The van der Waals surface area contributed by atoms with Crippen LogP contribution in [0.4, 0.5) is 0 Å². The normalized spacial score (nSPS) is 15.7. The van der Waals surface area contributed by atoms with E-state index in [1.807, 2.05) is 6.92 Å². The maximum Gasteiger partial charge on any atom is 0.238 e. The number of aliphatic hydroxyl groups excluding tert-OH is 1.